The van der Waals surface area contributed by atoms with Crippen LogP contribution < -0.4 is 0 Å². The first kappa shape index (κ1) is 53.6. The predicted molar refractivity (Wildman–Crippen MR) is 378 cm³/mol. The van der Waals surface area contributed by atoms with E-state index in [-0.39, 0.29) is 10.8 Å². The van der Waals surface area contributed by atoms with E-state index in [0.29, 0.717) is 11.8 Å². The molecule has 0 fully saturated rings. The Hall–Kier alpha value is -9.88. The van der Waals surface area contributed by atoms with Gasteiger partial charge in [0.2, 0.25) is 0 Å². The van der Waals surface area contributed by atoms with E-state index < -0.39 is 0 Å². The molecule has 16 rings (SSSR count). The molecule has 0 radical (unpaired) electrons. The third-order valence-corrected chi connectivity index (χ3v) is 20.3. The molecule has 14 aromatic rings. The van der Waals surface area contributed by atoms with E-state index >= 15 is 0 Å². The van der Waals surface area contributed by atoms with Crippen LogP contribution >= 0.6 is 0 Å². The molecular formula is C88H70. The molecule has 0 spiro atoms. The molecule has 2 aliphatic rings. The van der Waals surface area contributed by atoms with Gasteiger partial charge in [-0.15, -0.1) is 0 Å². The van der Waals surface area contributed by atoms with Crippen LogP contribution in [0.25, 0.3) is 143 Å². The van der Waals surface area contributed by atoms with Gasteiger partial charge in [-0.2, -0.15) is 0 Å². The third-order valence-electron chi connectivity index (χ3n) is 20.3. The molecule has 422 valence electrons. The summed E-state index contributed by atoms with van der Waals surface area (Å²) in [5, 5.41) is 10.2. The first-order valence-corrected chi connectivity index (χ1v) is 31.7. The van der Waals surface area contributed by atoms with Crippen molar-refractivity contribution in [3.8, 4) is 100 Å². The Morgan fingerprint density at radius 3 is 0.648 bits per heavy atom. The van der Waals surface area contributed by atoms with Crippen LogP contribution in [0.4, 0.5) is 0 Å². The second-order valence-electron chi connectivity index (χ2n) is 26.7. The van der Waals surface area contributed by atoms with Crippen molar-refractivity contribution in [1.82, 2.24) is 0 Å². The van der Waals surface area contributed by atoms with E-state index in [0.717, 1.165) is 0 Å². The van der Waals surface area contributed by atoms with Crippen LogP contribution in [0.1, 0.15) is 101 Å². The quantitative estimate of drug-likeness (QED) is 0.126. The molecule has 0 aliphatic heterocycles. The van der Waals surface area contributed by atoms with Gasteiger partial charge in [-0.25, -0.2) is 0 Å². The van der Waals surface area contributed by atoms with Crippen molar-refractivity contribution in [2.24, 2.45) is 0 Å². The molecule has 88 heavy (non-hydrogen) atoms. The van der Waals surface area contributed by atoms with Crippen molar-refractivity contribution in [2.45, 2.75) is 78.1 Å². The lowest BCUT2D eigenvalue weighted by atomic mass is 9.79. The number of rotatable bonds is 9. The predicted octanol–water partition coefficient (Wildman–Crippen LogP) is 24.8. The fraction of sp³-hybridized carbons (Fsp3) is 0.136. The highest BCUT2D eigenvalue weighted by Gasteiger charge is 2.38. The number of benzene rings is 14. The minimum atomic E-state index is -0.223. The minimum Gasteiger partial charge on any atom is -0.0616 e. The summed E-state index contributed by atoms with van der Waals surface area (Å²) in [5.41, 5.74) is 30.7. The van der Waals surface area contributed by atoms with Crippen LogP contribution in [-0.2, 0) is 10.8 Å². The van der Waals surface area contributed by atoms with E-state index in [1.54, 1.807) is 0 Å². The van der Waals surface area contributed by atoms with Crippen LogP contribution in [0.2, 0.25) is 0 Å². The lowest BCUT2D eigenvalue weighted by Gasteiger charge is -2.24. The van der Waals surface area contributed by atoms with Crippen molar-refractivity contribution in [3.63, 3.8) is 0 Å². The van der Waals surface area contributed by atoms with Crippen LogP contribution in [0.3, 0.4) is 0 Å². The number of hydrogen-bond acceptors (Lipinski definition) is 0. The fourth-order valence-corrected chi connectivity index (χ4v) is 15.4. The molecule has 0 N–H and O–H groups in total. The Morgan fingerprint density at radius 1 is 0.205 bits per heavy atom. The SMILES string of the molecule is CC(C)c1ccc(-c2ccc(-c3c4ccccc4c(-c4ccc5c(c4)C(C)(C)c4cc(-c6ccc7c(c6)C(C)(C)c6cc(-c8c9ccccc9c(-c9ccc(-c%10ccc(C(C)C)cc%10)cc9)c9ccccc89)ccc6-7)ccc4-5)c4ccccc34)cc2)cc1. The Balaban J connectivity index is 0.720. The highest BCUT2D eigenvalue weighted by molar-refractivity contribution is 6.23. The molecule has 0 bridgehead atoms. The van der Waals surface area contributed by atoms with E-state index in [2.05, 4.69) is 322 Å². The second kappa shape index (κ2) is 20.4. The second-order valence-corrected chi connectivity index (χ2v) is 26.7. The molecule has 0 atom stereocenters. The molecule has 2 aliphatic carbocycles. The Morgan fingerprint density at radius 2 is 0.398 bits per heavy atom. The maximum Gasteiger partial charge on any atom is 0.0159 e. The summed E-state index contributed by atoms with van der Waals surface area (Å²) in [6.07, 6.45) is 0. The maximum absolute atomic E-state index is 2.51. The third kappa shape index (κ3) is 8.40. The van der Waals surface area contributed by atoms with Crippen LogP contribution in [-0.4, -0.2) is 0 Å². The Kier molecular flexibility index (Phi) is 12.4. The molecule has 0 saturated carbocycles. The first-order valence-electron chi connectivity index (χ1n) is 31.7. The smallest absolute Gasteiger partial charge is 0.0159 e. The molecule has 0 amide bonds. The van der Waals surface area contributed by atoms with Gasteiger partial charge in [-0.1, -0.05) is 298 Å². The lowest BCUT2D eigenvalue weighted by molar-refractivity contribution is 0.660. The molecule has 0 unspecified atom stereocenters. The van der Waals surface area contributed by atoms with Gasteiger partial charge in [0.1, 0.15) is 0 Å². The van der Waals surface area contributed by atoms with Gasteiger partial charge >= 0.3 is 0 Å². The average molecular weight is 1130 g/mol. The van der Waals surface area contributed by atoms with Gasteiger partial charge in [-0.05, 0) is 213 Å². The maximum atomic E-state index is 2.51. The normalized spacial score (nSPS) is 13.6. The van der Waals surface area contributed by atoms with Crippen LogP contribution in [0.5, 0.6) is 0 Å². The van der Waals surface area contributed by atoms with Gasteiger partial charge < -0.3 is 0 Å². The highest BCUT2D eigenvalue weighted by Crippen LogP contribution is 2.55. The van der Waals surface area contributed by atoms with Crippen LogP contribution in [0, 0.1) is 0 Å². The lowest BCUT2D eigenvalue weighted by Crippen LogP contribution is -2.15. The van der Waals surface area contributed by atoms with Gasteiger partial charge in [-0.3, -0.25) is 0 Å². The standard InChI is InChI=1S/C88H70/c1-53(2)55-25-29-57(30-26-55)59-33-37-61(38-34-59)83-71-17-9-13-21-75(71)85(76-22-14-10-18-72(76)83)65-43-47-69-67-45-41-63(49-79(67)87(5,6)81(69)51-65)64-42-46-68-70-48-44-66(52-82(70)88(7,8)80(68)50-64)86-77-23-15-11-19-73(77)84(74-20-12-16-24-78(74)86)62-39-35-60(36-40-62)58-31-27-56(28-32-58)54(3)4/h9-54H,1-8H3. The zero-order valence-electron chi connectivity index (χ0n) is 51.6. The van der Waals surface area contributed by atoms with E-state index in [4.69, 9.17) is 0 Å². The summed E-state index contributed by atoms with van der Waals surface area (Å²) < 4.78 is 0. The van der Waals surface area contributed by atoms with Gasteiger partial charge in [0, 0.05) is 10.8 Å². The molecule has 0 heterocycles. The Bertz CT molecular complexity index is 4700. The van der Waals surface area contributed by atoms with Gasteiger partial charge in [0.25, 0.3) is 0 Å². The summed E-state index contributed by atoms with van der Waals surface area (Å²) in [5.74, 6) is 1.02. The monoisotopic (exact) mass is 1130 g/mol. The molecular weight excluding hydrogens is 1060 g/mol. The summed E-state index contributed by atoms with van der Waals surface area (Å²) in [6, 6.07) is 102. The van der Waals surface area contributed by atoms with Crippen molar-refractivity contribution in [1.29, 1.82) is 0 Å². The molecule has 0 aromatic heterocycles. The average Bonchev–Trinajstić information content (AvgIpc) is 1.39. The van der Waals surface area contributed by atoms with Crippen molar-refractivity contribution < 1.29 is 0 Å². The topological polar surface area (TPSA) is 0 Å². The van der Waals surface area contributed by atoms with Gasteiger partial charge in [0.15, 0.2) is 0 Å². The van der Waals surface area contributed by atoms with Crippen LogP contribution in [0.15, 0.2) is 267 Å². The number of fused-ring (bicyclic) bond motifs is 10. The summed E-state index contributed by atoms with van der Waals surface area (Å²) in [4.78, 5) is 0. The Labute approximate surface area is 518 Å². The molecule has 0 heteroatoms. The fourth-order valence-electron chi connectivity index (χ4n) is 15.4. The van der Waals surface area contributed by atoms with E-state index in [9.17, 15) is 0 Å². The van der Waals surface area contributed by atoms with E-state index in [1.807, 2.05) is 0 Å². The minimum absolute atomic E-state index is 0.223. The highest BCUT2D eigenvalue weighted by atomic mass is 14.4. The van der Waals surface area contributed by atoms with Gasteiger partial charge in [0.05, 0.1) is 0 Å². The molecule has 0 saturated heterocycles. The van der Waals surface area contributed by atoms with E-state index in [1.165, 1.54) is 177 Å². The molecule has 14 aromatic carbocycles. The summed E-state index contributed by atoms with van der Waals surface area (Å²) in [6.45, 7) is 18.7. The number of hydrogen-bond donors (Lipinski definition) is 0. The summed E-state index contributed by atoms with van der Waals surface area (Å²) >= 11 is 0. The van der Waals surface area contributed by atoms with Crippen molar-refractivity contribution >= 4 is 43.1 Å². The largest absolute Gasteiger partial charge is 0.0616 e. The zero-order valence-corrected chi connectivity index (χ0v) is 51.6. The zero-order chi connectivity index (χ0) is 59.7. The first-order chi connectivity index (χ1) is 42.8. The van der Waals surface area contributed by atoms with Crippen molar-refractivity contribution in [2.75, 3.05) is 0 Å². The summed E-state index contributed by atoms with van der Waals surface area (Å²) in [7, 11) is 0. The van der Waals surface area contributed by atoms with Crippen molar-refractivity contribution in [3.05, 3.63) is 300 Å². The molecule has 0 nitrogen and oxygen atoms in total.